The molecule has 0 saturated carbocycles. The summed E-state index contributed by atoms with van der Waals surface area (Å²) in [5.74, 6) is -4.69. The zero-order valence-electron chi connectivity index (χ0n) is 19.6. The van der Waals surface area contributed by atoms with E-state index in [0.29, 0.717) is 38.2 Å². The Morgan fingerprint density at radius 1 is 0.947 bits per heavy atom. The number of carboxylic acid groups (broad SMARTS) is 2. The lowest BCUT2D eigenvalue weighted by Crippen LogP contribution is -2.46. The summed E-state index contributed by atoms with van der Waals surface area (Å²) in [7, 11) is 1.85. The second kappa shape index (κ2) is 11.5. The number of aromatic nitrogens is 4. The second-order valence-corrected chi connectivity index (χ2v) is 8.20. The van der Waals surface area contributed by atoms with Crippen LogP contribution < -0.4 is 4.90 Å². The molecule has 0 aliphatic carbocycles. The molecule has 210 valence electrons. The van der Waals surface area contributed by atoms with Crippen LogP contribution in [0.15, 0.2) is 24.5 Å². The molecule has 2 fully saturated rings. The smallest absolute Gasteiger partial charge is 0.475 e. The maximum absolute atomic E-state index is 13.0. The first-order chi connectivity index (χ1) is 17.5. The number of likely N-dealkylation sites (tertiary alicyclic amines) is 1. The summed E-state index contributed by atoms with van der Waals surface area (Å²) in [5, 5.41) is 25.1. The van der Waals surface area contributed by atoms with Gasteiger partial charge in [-0.15, -0.1) is 0 Å². The summed E-state index contributed by atoms with van der Waals surface area (Å²) in [6, 6.07) is 3.55. The zero-order chi connectivity index (χ0) is 28.9. The number of carbonyl (C=O) groups is 4. The highest BCUT2D eigenvalue weighted by molar-refractivity contribution is 5.99. The van der Waals surface area contributed by atoms with Gasteiger partial charge in [0.2, 0.25) is 5.91 Å². The number of hydrogen-bond donors (Lipinski definition) is 3. The Hall–Kier alpha value is -4.12. The Bertz CT molecular complexity index is 1110. The van der Waals surface area contributed by atoms with E-state index in [4.69, 9.17) is 19.8 Å². The van der Waals surface area contributed by atoms with E-state index in [-0.39, 0.29) is 17.2 Å². The summed E-state index contributed by atoms with van der Waals surface area (Å²) in [6.07, 6.45) is -4.51. The number of aryl methyl sites for hydroxylation is 1. The molecular formula is C20H22F6N6O6. The fourth-order valence-corrected chi connectivity index (χ4v) is 3.73. The molecule has 2 saturated heterocycles. The molecule has 18 heteroatoms. The van der Waals surface area contributed by atoms with E-state index in [0.717, 1.165) is 12.2 Å². The van der Waals surface area contributed by atoms with Crippen LogP contribution in [0.25, 0.3) is 0 Å². The van der Waals surface area contributed by atoms with Crippen molar-refractivity contribution in [3.63, 3.8) is 0 Å². The number of carboxylic acids is 2. The van der Waals surface area contributed by atoms with Crippen LogP contribution in [0, 0.1) is 5.41 Å². The third-order valence-corrected chi connectivity index (χ3v) is 5.71. The number of amides is 2. The van der Waals surface area contributed by atoms with Crippen LogP contribution >= 0.6 is 0 Å². The molecule has 2 aliphatic heterocycles. The number of H-pyrrole nitrogens is 1. The molecule has 0 unspecified atom stereocenters. The maximum Gasteiger partial charge on any atom is 0.490 e. The molecule has 0 atom stereocenters. The van der Waals surface area contributed by atoms with E-state index in [1.807, 2.05) is 19.3 Å². The van der Waals surface area contributed by atoms with Gasteiger partial charge in [0.15, 0.2) is 5.82 Å². The van der Waals surface area contributed by atoms with Crippen molar-refractivity contribution in [3.8, 4) is 0 Å². The molecule has 4 rings (SSSR count). The molecule has 12 nitrogen and oxygen atoms in total. The van der Waals surface area contributed by atoms with Gasteiger partial charge in [-0.1, -0.05) is 0 Å². The molecule has 0 radical (unpaired) electrons. The summed E-state index contributed by atoms with van der Waals surface area (Å²) >= 11 is 0. The first-order valence-corrected chi connectivity index (χ1v) is 10.7. The minimum Gasteiger partial charge on any atom is -0.475 e. The summed E-state index contributed by atoms with van der Waals surface area (Å²) in [5.41, 5.74) is 0.154. The van der Waals surface area contributed by atoms with Crippen molar-refractivity contribution >= 4 is 29.6 Å². The average molecular weight is 556 g/mol. The van der Waals surface area contributed by atoms with Crippen molar-refractivity contribution in [2.24, 2.45) is 12.5 Å². The number of nitrogens with one attached hydrogen (secondary N) is 1. The summed E-state index contributed by atoms with van der Waals surface area (Å²) in [6.45, 7) is 1.89. The molecule has 0 bridgehead atoms. The van der Waals surface area contributed by atoms with Gasteiger partial charge >= 0.3 is 24.3 Å². The van der Waals surface area contributed by atoms with Gasteiger partial charge in [0.05, 0.1) is 5.41 Å². The highest BCUT2D eigenvalue weighted by Gasteiger charge is 2.49. The minimum absolute atomic E-state index is 0.0469. The van der Waals surface area contributed by atoms with Gasteiger partial charge in [-0.05, 0) is 25.3 Å². The van der Waals surface area contributed by atoms with Gasteiger partial charge in [-0.2, -0.15) is 36.5 Å². The van der Waals surface area contributed by atoms with Crippen molar-refractivity contribution < 1.29 is 55.7 Å². The highest BCUT2D eigenvalue weighted by Crippen LogP contribution is 2.42. The van der Waals surface area contributed by atoms with Crippen molar-refractivity contribution in [1.82, 2.24) is 24.9 Å². The third kappa shape index (κ3) is 7.45. The Kier molecular flexibility index (Phi) is 9.12. The van der Waals surface area contributed by atoms with Crippen LogP contribution in [0.3, 0.4) is 0 Å². The van der Waals surface area contributed by atoms with Crippen LogP contribution in [0.5, 0.6) is 0 Å². The van der Waals surface area contributed by atoms with E-state index >= 15 is 0 Å². The van der Waals surface area contributed by atoms with Crippen molar-refractivity contribution in [3.05, 3.63) is 30.2 Å². The van der Waals surface area contributed by atoms with E-state index in [1.165, 1.54) is 0 Å². The largest absolute Gasteiger partial charge is 0.490 e. The number of aromatic amines is 1. The van der Waals surface area contributed by atoms with Gasteiger partial charge in [0, 0.05) is 45.1 Å². The molecule has 1 spiro atoms. The second-order valence-electron chi connectivity index (χ2n) is 8.20. The topological polar surface area (TPSA) is 162 Å². The highest BCUT2D eigenvalue weighted by atomic mass is 19.4. The molecule has 3 N–H and O–H groups in total. The van der Waals surface area contributed by atoms with E-state index in [2.05, 4.69) is 15.3 Å². The molecule has 38 heavy (non-hydrogen) atoms. The molecule has 4 heterocycles. The van der Waals surface area contributed by atoms with Crippen LogP contribution in [-0.2, 0) is 21.4 Å². The lowest BCUT2D eigenvalue weighted by molar-refractivity contribution is -0.193. The number of piperidine rings is 1. The lowest BCUT2D eigenvalue weighted by Gasteiger charge is -2.37. The predicted octanol–water partition coefficient (Wildman–Crippen LogP) is 2.07. The van der Waals surface area contributed by atoms with E-state index in [9.17, 15) is 35.9 Å². The Labute approximate surface area is 209 Å². The van der Waals surface area contributed by atoms with Crippen LogP contribution in [0.4, 0.5) is 32.2 Å². The van der Waals surface area contributed by atoms with Gasteiger partial charge in [-0.25, -0.2) is 9.59 Å². The zero-order valence-corrected chi connectivity index (χ0v) is 19.6. The van der Waals surface area contributed by atoms with Crippen molar-refractivity contribution in [2.75, 3.05) is 24.5 Å². The first kappa shape index (κ1) is 30.1. The quantitative estimate of drug-likeness (QED) is 0.474. The number of alkyl halides is 6. The van der Waals surface area contributed by atoms with Crippen molar-refractivity contribution in [1.29, 1.82) is 0 Å². The van der Waals surface area contributed by atoms with Gasteiger partial charge < -0.3 is 15.1 Å². The average Bonchev–Trinajstić information content (AvgIpc) is 3.56. The fraction of sp³-hybridized carbons (Fsp3) is 0.500. The number of rotatable bonds is 2. The van der Waals surface area contributed by atoms with Crippen molar-refractivity contribution in [2.45, 2.75) is 31.6 Å². The number of anilines is 1. The molecular weight excluding hydrogens is 534 g/mol. The number of aliphatic carboxylic acids is 2. The summed E-state index contributed by atoms with van der Waals surface area (Å²) < 4.78 is 65.2. The standard InChI is InChI=1S/C16H20N6O2.2C2HF3O2/c1-20-8-3-13(19-20)22-11-6-16(15(22)24)4-9-21(10-5-16)14(23)12-2-7-17-18-12;2*3-2(4,5)1(6)7/h2-3,7-8H,4-6,9-11H2,1H3,(H,17,18);2*(H,6,7). The van der Waals surface area contributed by atoms with Crippen LogP contribution in [0.2, 0.25) is 0 Å². The molecule has 0 aromatic carbocycles. The molecule has 2 aliphatic rings. The van der Waals surface area contributed by atoms with E-state index < -0.39 is 24.3 Å². The monoisotopic (exact) mass is 556 g/mol. The number of carbonyl (C=O) groups excluding carboxylic acids is 2. The normalized spacial score (nSPS) is 16.9. The maximum atomic E-state index is 13.0. The molecule has 2 amide bonds. The first-order valence-electron chi connectivity index (χ1n) is 10.7. The number of nitrogens with zero attached hydrogens (tertiary/aromatic N) is 5. The van der Waals surface area contributed by atoms with Crippen LogP contribution in [-0.4, -0.2) is 90.8 Å². The number of hydrogen-bond acceptors (Lipinski definition) is 6. The molecule has 2 aromatic rings. The molecule has 2 aromatic heterocycles. The SMILES string of the molecule is Cn1ccc(N2CCC3(CCN(C(=O)c4ccn[nH]4)CC3)C2=O)n1.O=C(O)C(F)(F)F.O=C(O)C(F)(F)F. The van der Waals surface area contributed by atoms with Gasteiger partial charge in [0.25, 0.3) is 5.91 Å². The predicted molar refractivity (Wildman–Crippen MR) is 114 cm³/mol. The Morgan fingerprint density at radius 2 is 1.45 bits per heavy atom. The minimum atomic E-state index is -5.08. The number of halogens is 6. The third-order valence-electron chi connectivity index (χ3n) is 5.71. The Morgan fingerprint density at radius 3 is 1.84 bits per heavy atom. The fourth-order valence-electron chi connectivity index (χ4n) is 3.73. The van der Waals surface area contributed by atoms with Gasteiger partial charge in [0.1, 0.15) is 5.69 Å². The van der Waals surface area contributed by atoms with Crippen LogP contribution in [0.1, 0.15) is 29.8 Å². The van der Waals surface area contributed by atoms with E-state index in [1.54, 1.807) is 26.7 Å². The van der Waals surface area contributed by atoms with Gasteiger partial charge in [-0.3, -0.25) is 24.3 Å². The summed E-state index contributed by atoms with van der Waals surface area (Å²) in [4.78, 5) is 46.7. The lowest BCUT2D eigenvalue weighted by atomic mass is 9.77. The Balaban J connectivity index is 0.000000301.